The van der Waals surface area contributed by atoms with E-state index in [-0.39, 0.29) is 11.4 Å². The molecule has 0 radical (unpaired) electrons. The van der Waals surface area contributed by atoms with Crippen LogP contribution in [0.2, 0.25) is 0 Å². The Bertz CT molecular complexity index is 261. The van der Waals surface area contributed by atoms with E-state index < -0.39 is 0 Å². The Morgan fingerprint density at radius 2 is 2.14 bits per heavy atom. The van der Waals surface area contributed by atoms with Crippen LogP contribution in [0, 0.1) is 5.41 Å². The van der Waals surface area contributed by atoms with E-state index >= 15 is 0 Å². The van der Waals surface area contributed by atoms with Crippen molar-refractivity contribution in [1.82, 2.24) is 0 Å². The van der Waals surface area contributed by atoms with Crippen molar-refractivity contribution in [2.45, 2.75) is 47.0 Å². The van der Waals surface area contributed by atoms with Crippen LogP contribution in [0.1, 0.15) is 47.0 Å². The molecule has 0 bridgehead atoms. The third-order valence-corrected chi connectivity index (χ3v) is 3.11. The lowest BCUT2D eigenvalue weighted by Crippen LogP contribution is -2.24. The van der Waals surface area contributed by atoms with Gasteiger partial charge in [0.05, 0.1) is 0 Å². The fourth-order valence-electron chi connectivity index (χ4n) is 2.17. The fourth-order valence-corrected chi connectivity index (χ4v) is 2.17. The summed E-state index contributed by atoms with van der Waals surface area (Å²) in [6.07, 6.45) is 3.60. The molecule has 0 aliphatic heterocycles. The highest BCUT2D eigenvalue weighted by molar-refractivity contribution is 5.66. The summed E-state index contributed by atoms with van der Waals surface area (Å²) in [4.78, 5) is 10.8. The molecule has 0 N–H and O–H groups in total. The van der Waals surface area contributed by atoms with Crippen molar-refractivity contribution in [3.8, 4) is 0 Å². The first-order valence-corrected chi connectivity index (χ1v) is 5.26. The van der Waals surface area contributed by atoms with Crippen molar-refractivity contribution in [3.05, 3.63) is 11.1 Å². The van der Waals surface area contributed by atoms with Crippen LogP contribution in [0.5, 0.6) is 0 Å². The molecule has 2 heteroatoms. The van der Waals surface area contributed by atoms with Crippen LogP contribution in [0.25, 0.3) is 0 Å². The second-order valence-electron chi connectivity index (χ2n) is 4.78. The molecular weight excluding hydrogens is 176 g/mol. The number of esters is 1. The van der Waals surface area contributed by atoms with E-state index in [1.54, 1.807) is 0 Å². The van der Waals surface area contributed by atoms with E-state index in [4.69, 9.17) is 4.74 Å². The quantitative estimate of drug-likeness (QED) is 0.501. The Morgan fingerprint density at radius 3 is 2.64 bits per heavy atom. The lowest BCUT2D eigenvalue weighted by atomic mass is 9.73. The molecule has 0 heterocycles. The van der Waals surface area contributed by atoms with E-state index in [9.17, 15) is 4.79 Å². The van der Waals surface area contributed by atoms with Crippen LogP contribution >= 0.6 is 0 Å². The highest BCUT2D eigenvalue weighted by Gasteiger charge is 2.28. The van der Waals surface area contributed by atoms with Crippen LogP contribution in [0.15, 0.2) is 11.1 Å². The number of carbonyl (C=O) groups is 1. The van der Waals surface area contributed by atoms with Crippen LogP contribution < -0.4 is 0 Å². The molecule has 0 saturated carbocycles. The van der Waals surface area contributed by atoms with Crippen molar-refractivity contribution >= 4 is 5.97 Å². The largest absolute Gasteiger partial charge is 0.461 e. The van der Waals surface area contributed by atoms with Gasteiger partial charge in [0.1, 0.15) is 6.61 Å². The Balaban J connectivity index is 2.75. The van der Waals surface area contributed by atoms with Gasteiger partial charge in [-0.2, -0.15) is 0 Å². The Hall–Kier alpha value is -0.790. The average Bonchev–Trinajstić information content (AvgIpc) is 2.01. The molecular formula is C12H20O2. The van der Waals surface area contributed by atoms with E-state index in [2.05, 4.69) is 20.8 Å². The molecule has 0 unspecified atom stereocenters. The molecule has 0 fully saturated rings. The number of carbonyl (C=O) groups excluding carboxylic acids is 1. The van der Waals surface area contributed by atoms with Crippen molar-refractivity contribution < 1.29 is 9.53 Å². The molecule has 1 rings (SSSR count). The van der Waals surface area contributed by atoms with Crippen LogP contribution in [0.4, 0.5) is 0 Å². The third kappa shape index (κ3) is 2.60. The zero-order chi connectivity index (χ0) is 10.8. The number of hydrogen-bond acceptors (Lipinski definition) is 2. The van der Waals surface area contributed by atoms with Gasteiger partial charge in [-0.3, -0.25) is 4.79 Å². The number of hydrogen-bond donors (Lipinski definition) is 0. The zero-order valence-electron chi connectivity index (χ0n) is 9.64. The van der Waals surface area contributed by atoms with Gasteiger partial charge >= 0.3 is 5.97 Å². The highest BCUT2D eigenvalue weighted by Crippen LogP contribution is 2.39. The molecule has 14 heavy (non-hydrogen) atoms. The van der Waals surface area contributed by atoms with E-state index in [0.29, 0.717) is 6.61 Å². The molecule has 0 aromatic rings. The predicted molar refractivity (Wildman–Crippen MR) is 57.0 cm³/mol. The van der Waals surface area contributed by atoms with Gasteiger partial charge in [-0.25, -0.2) is 0 Å². The zero-order valence-corrected chi connectivity index (χ0v) is 9.64. The molecule has 0 atom stereocenters. The Morgan fingerprint density at radius 1 is 1.50 bits per heavy atom. The fraction of sp³-hybridized carbons (Fsp3) is 0.750. The van der Waals surface area contributed by atoms with Gasteiger partial charge in [0.15, 0.2) is 0 Å². The standard InChI is InChI=1S/C12H20O2/c1-9-6-5-7-12(3,4)11(9)8-14-10(2)13/h5-8H2,1-4H3. The maximum absolute atomic E-state index is 10.8. The van der Waals surface area contributed by atoms with Gasteiger partial charge in [0.2, 0.25) is 0 Å². The van der Waals surface area contributed by atoms with Crippen LogP contribution in [-0.2, 0) is 9.53 Å². The topological polar surface area (TPSA) is 26.3 Å². The van der Waals surface area contributed by atoms with Gasteiger partial charge in [-0.05, 0) is 37.2 Å². The summed E-state index contributed by atoms with van der Waals surface area (Å²) in [6, 6.07) is 0. The molecule has 0 aromatic carbocycles. The summed E-state index contributed by atoms with van der Waals surface area (Å²) in [7, 11) is 0. The van der Waals surface area contributed by atoms with Gasteiger partial charge < -0.3 is 4.74 Å². The van der Waals surface area contributed by atoms with Crippen molar-refractivity contribution in [3.63, 3.8) is 0 Å². The monoisotopic (exact) mass is 196 g/mol. The van der Waals surface area contributed by atoms with E-state index in [1.165, 1.54) is 30.9 Å². The van der Waals surface area contributed by atoms with Crippen molar-refractivity contribution in [2.75, 3.05) is 6.61 Å². The van der Waals surface area contributed by atoms with E-state index in [1.807, 2.05) is 0 Å². The van der Waals surface area contributed by atoms with Crippen LogP contribution in [0.3, 0.4) is 0 Å². The van der Waals surface area contributed by atoms with Gasteiger partial charge in [0.25, 0.3) is 0 Å². The predicted octanol–water partition coefficient (Wildman–Crippen LogP) is 3.08. The SMILES string of the molecule is CC(=O)OCC1=C(C)CCCC1(C)C. The van der Waals surface area contributed by atoms with Gasteiger partial charge in [-0.1, -0.05) is 19.4 Å². The molecule has 1 aliphatic rings. The first kappa shape index (κ1) is 11.3. The lowest BCUT2D eigenvalue weighted by molar-refractivity contribution is -0.140. The normalized spacial score (nSPS) is 20.9. The minimum atomic E-state index is -0.188. The van der Waals surface area contributed by atoms with Crippen molar-refractivity contribution in [2.24, 2.45) is 5.41 Å². The summed E-state index contributed by atoms with van der Waals surface area (Å²) in [5, 5.41) is 0. The first-order valence-electron chi connectivity index (χ1n) is 5.26. The van der Waals surface area contributed by atoms with Gasteiger partial charge in [0, 0.05) is 6.92 Å². The Kier molecular flexibility index (Phi) is 3.35. The molecule has 80 valence electrons. The molecule has 0 saturated heterocycles. The number of rotatable bonds is 2. The summed E-state index contributed by atoms with van der Waals surface area (Å²) < 4.78 is 5.09. The summed E-state index contributed by atoms with van der Waals surface area (Å²) in [5.41, 5.74) is 2.93. The minimum Gasteiger partial charge on any atom is -0.461 e. The highest BCUT2D eigenvalue weighted by atomic mass is 16.5. The second kappa shape index (κ2) is 4.16. The summed E-state index contributed by atoms with van der Waals surface area (Å²) >= 11 is 0. The second-order valence-corrected chi connectivity index (χ2v) is 4.78. The van der Waals surface area contributed by atoms with Gasteiger partial charge in [-0.15, -0.1) is 0 Å². The maximum Gasteiger partial charge on any atom is 0.302 e. The molecule has 0 amide bonds. The molecule has 2 nitrogen and oxygen atoms in total. The molecule has 0 spiro atoms. The minimum absolute atomic E-state index is 0.188. The maximum atomic E-state index is 10.8. The number of allylic oxidation sites excluding steroid dienone is 1. The lowest BCUT2D eigenvalue weighted by Gasteiger charge is -2.34. The number of ether oxygens (including phenoxy) is 1. The van der Waals surface area contributed by atoms with E-state index in [0.717, 1.165) is 6.42 Å². The first-order chi connectivity index (χ1) is 6.43. The van der Waals surface area contributed by atoms with Crippen molar-refractivity contribution in [1.29, 1.82) is 0 Å². The smallest absolute Gasteiger partial charge is 0.302 e. The average molecular weight is 196 g/mol. The third-order valence-electron chi connectivity index (χ3n) is 3.11. The summed E-state index contributed by atoms with van der Waals surface area (Å²) in [6.45, 7) is 8.56. The molecule has 0 aromatic heterocycles. The molecule has 1 aliphatic carbocycles. The Labute approximate surface area is 86.3 Å². The van der Waals surface area contributed by atoms with Crippen LogP contribution in [-0.4, -0.2) is 12.6 Å². The summed E-state index contributed by atoms with van der Waals surface area (Å²) in [5.74, 6) is -0.188.